The van der Waals surface area contributed by atoms with Crippen molar-refractivity contribution < 1.29 is 31.1 Å². The van der Waals surface area contributed by atoms with Gasteiger partial charge in [-0.3, -0.25) is 5.10 Å². The molecular weight excluding hydrogens is 525 g/mol. The molecule has 38 heavy (non-hydrogen) atoms. The molecule has 5 fully saturated rings. The maximum atomic E-state index is 12.9. The van der Waals surface area contributed by atoms with Gasteiger partial charge in [-0.2, -0.15) is 9.40 Å². The van der Waals surface area contributed by atoms with Crippen LogP contribution in [0.2, 0.25) is 0 Å². The SMILES string of the molecule is O=C(N1CC2(CC(c3n[nH]c(C4CC4)n3)C2)C1)N1CC2(C1)CN(S(=O)(=O)c1cccc(OC(F)(F)F)c1)C2. The van der Waals surface area contributed by atoms with Crippen LogP contribution >= 0.6 is 0 Å². The zero-order chi connectivity index (χ0) is 26.5. The number of rotatable bonds is 5. The Balaban J connectivity index is 0.882. The number of ether oxygens (including phenoxy) is 1. The summed E-state index contributed by atoms with van der Waals surface area (Å²) in [6.07, 6.45) is -0.561. The van der Waals surface area contributed by atoms with Crippen LogP contribution in [0.15, 0.2) is 29.2 Å². The van der Waals surface area contributed by atoms with Gasteiger partial charge in [0, 0.05) is 68.0 Å². The van der Waals surface area contributed by atoms with Crippen LogP contribution in [0.25, 0.3) is 0 Å². The molecule has 2 saturated carbocycles. The number of hydrogen-bond acceptors (Lipinski definition) is 6. The molecule has 7 rings (SSSR count). The minimum absolute atomic E-state index is 0.0167. The van der Waals surface area contributed by atoms with Crippen molar-refractivity contribution in [1.82, 2.24) is 29.3 Å². The highest BCUT2D eigenvalue weighted by Gasteiger charge is 2.60. The number of carbonyl (C=O) groups is 1. The molecule has 0 unspecified atom stereocenters. The summed E-state index contributed by atoms with van der Waals surface area (Å²) in [7, 11) is -3.95. The number of alkyl halides is 3. The van der Waals surface area contributed by atoms with Crippen LogP contribution in [0.4, 0.5) is 18.0 Å². The summed E-state index contributed by atoms with van der Waals surface area (Å²) >= 11 is 0. The molecule has 1 aromatic carbocycles. The number of sulfonamides is 1. The maximum absolute atomic E-state index is 12.9. The second-order valence-corrected chi connectivity index (χ2v) is 13.7. The molecule has 14 heteroatoms. The Hall–Kier alpha value is -2.87. The Labute approximate surface area is 217 Å². The van der Waals surface area contributed by atoms with Crippen LogP contribution in [0.5, 0.6) is 5.75 Å². The Kier molecular flexibility index (Phi) is 4.99. The van der Waals surface area contributed by atoms with Crippen molar-refractivity contribution in [3.8, 4) is 5.75 Å². The highest BCUT2D eigenvalue weighted by molar-refractivity contribution is 7.89. The van der Waals surface area contributed by atoms with Gasteiger partial charge in [-0.05, 0) is 37.8 Å². The van der Waals surface area contributed by atoms with Crippen LogP contribution in [0.1, 0.15) is 49.2 Å². The predicted molar refractivity (Wildman–Crippen MR) is 126 cm³/mol. The Morgan fingerprint density at radius 3 is 2.29 bits per heavy atom. The Morgan fingerprint density at radius 2 is 1.66 bits per heavy atom. The van der Waals surface area contributed by atoms with Gasteiger partial charge in [0.05, 0.1) is 4.90 Å². The lowest BCUT2D eigenvalue weighted by molar-refractivity contribution is -0.274. The summed E-state index contributed by atoms with van der Waals surface area (Å²) in [4.78, 5) is 21.0. The Morgan fingerprint density at radius 1 is 1.00 bits per heavy atom. The number of aromatic amines is 1. The molecule has 2 amide bonds. The summed E-state index contributed by atoms with van der Waals surface area (Å²) in [5, 5.41) is 7.47. The van der Waals surface area contributed by atoms with Gasteiger partial charge in [-0.25, -0.2) is 18.2 Å². The fraction of sp³-hybridized carbons (Fsp3) is 0.625. The number of amides is 2. The first kappa shape index (κ1) is 24.2. The summed E-state index contributed by atoms with van der Waals surface area (Å²) in [5.74, 6) is 2.23. The number of halogens is 3. The van der Waals surface area contributed by atoms with Crippen molar-refractivity contribution >= 4 is 16.1 Å². The minimum atomic E-state index is -4.90. The molecule has 0 radical (unpaired) electrons. The molecule has 2 spiro atoms. The number of aromatic nitrogens is 3. The van der Waals surface area contributed by atoms with Crippen molar-refractivity contribution in [1.29, 1.82) is 0 Å². The van der Waals surface area contributed by atoms with E-state index in [1.807, 2.05) is 4.90 Å². The Bertz CT molecular complexity index is 1380. The van der Waals surface area contributed by atoms with Crippen LogP contribution in [-0.4, -0.2) is 89.4 Å². The first-order chi connectivity index (χ1) is 17.9. The number of carbonyl (C=O) groups excluding carboxylic acids is 1. The number of H-pyrrole nitrogens is 1. The van der Waals surface area contributed by atoms with Gasteiger partial charge in [0.25, 0.3) is 0 Å². The van der Waals surface area contributed by atoms with Crippen molar-refractivity contribution in [2.75, 3.05) is 39.3 Å². The van der Waals surface area contributed by atoms with Crippen LogP contribution in [0, 0.1) is 10.8 Å². The van der Waals surface area contributed by atoms with E-state index in [0.717, 1.165) is 49.7 Å². The van der Waals surface area contributed by atoms with Gasteiger partial charge < -0.3 is 14.5 Å². The summed E-state index contributed by atoms with van der Waals surface area (Å²) in [6.45, 7) is 2.86. The molecule has 1 N–H and O–H groups in total. The van der Waals surface area contributed by atoms with E-state index in [1.165, 1.54) is 29.3 Å². The molecule has 5 aliphatic rings. The lowest BCUT2D eigenvalue weighted by Gasteiger charge is -2.63. The zero-order valence-corrected chi connectivity index (χ0v) is 21.3. The smallest absolute Gasteiger partial charge is 0.406 e. The normalized spacial score (nSPS) is 24.5. The quantitative estimate of drug-likeness (QED) is 0.611. The fourth-order valence-corrected chi connectivity index (χ4v) is 8.19. The van der Waals surface area contributed by atoms with Gasteiger partial charge in [0.2, 0.25) is 10.0 Å². The van der Waals surface area contributed by atoms with E-state index in [2.05, 4.69) is 19.9 Å². The van der Waals surface area contributed by atoms with Crippen molar-refractivity contribution in [2.45, 2.75) is 48.8 Å². The third-order valence-electron chi connectivity index (χ3n) is 8.55. The van der Waals surface area contributed by atoms with Crippen LogP contribution in [0.3, 0.4) is 0 Å². The van der Waals surface area contributed by atoms with Gasteiger partial charge in [-0.15, -0.1) is 13.2 Å². The first-order valence-corrected chi connectivity index (χ1v) is 14.2. The third-order valence-corrected chi connectivity index (χ3v) is 10.3. The van der Waals surface area contributed by atoms with E-state index < -0.39 is 22.1 Å². The minimum Gasteiger partial charge on any atom is -0.406 e. The molecule has 2 aliphatic carbocycles. The zero-order valence-electron chi connectivity index (χ0n) is 20.4. The van der Waals surface area contributed by atoms with Crippen molar-refractivity contribution in [3.63, 3.8) is 0 Å². The second-order valence-electron chi connectivity index (χ2n) is 11.7. The molecule has 2 aromatic rings. The summed E-state index contributed by atoms with van der Waals surface area (Å²) in [5.41, 5.74) is -0.132. The largest absolute Gasteiger partial charge is 0.573 e. The van der Waals surface area contributed by atoms with Gasteiger partial charge >= 0.3 is 12.4 Å². The summed E-state index contributed by atoms with van der Waals surface area (Å²) < 4.78 is 68.4. The molecule has 3 aliphatic heterocycles. The lowest BCUT2D eigenvalue weighted by atomic mass is 9.57. The van der Waals surface area contributed by atoms with Crippen molar-refractivity contribution in [3.05, 3.63) is 35.9 Å². The molecular formula is C24H27F3N6O4S. The van der Waals surface area contributed by atoms with Crippen LogP contribution in [-0.2, 0) is 10.0 Å². The number of nitrogens with one attached hydrogen (secondary N) is 1. The number of likely N-dealkylation sites (tertiary alicyclic amines) is 2. The van der Waals surface area contributed by atoms with Gasteiger partial charge in [0.1, 0.15) is 11.6 Å². The van der Waals surface area contributed by atoms with E-state index in [1.54, 1.807) is 4.90 Å². The van der Waals surface area contributed by atoms with Gasteiger partial charge in [0.15, 0.2) is 5.82 Å². The standard InChI is InChI=1S/C24H27F3N6O4S/c25-24(26,27)37-17-2-1-3-18(6-17)38(35,36)33-13-23(14-33)11-32(12-23)21(34)31-9-22(10-31)7-16(8-22)20-28-19(29-30-20)15-4-5-15/h1-3,6,15-16H,4-5,7-14H2,(H,28,29,30). The molecule has 0 bridgehead atoms. The topological polar surface area (TPSA) is 112 Å². The summed E-state index contributed by atoms with van der Waals surface area (Å²) in [6, 6.07) is 4.38. The number of benzene rings is 1. The maximum Gasteiger partial charge on any atom is 0.573 e. The van der Waals surface area contributed by atoms with E-state index in [0.29, 0.717) is 24.9 Å². The highest BCUT2D eigenvalue weighted by atomic mass is 32.2. The lowest BCUT2D eigenvalue weighted by Crippen LogP contribution is -2.76. The van der Waals surface area contributed by atoms with Crippen LogP contribution < -0.4 is 4.74 Å². The van der Waals surface area contributed by atoms with Crippen molar-refractivity contribution in [2.24, 2.45) is 10.8 Å². The fourth-order valence-electron chi connectivity index (χ4n) is 6.49. The van der Waals surface area contributed by atoms with E-state index in [9.17, 15) is 26.4 Å². The number of urea groups is 1. The molecule has 0 atom stereocenters. The molecule has 4 heterocycles. The molecule has 1 aromatic heterocycles. The highest BCUT2D eigenvalue weighted by Crippen LogP contribution is 2.56. The average molecular weight is 553 g/mol. The van der Waals surface area contributed by atoms with E-state index >= 15 is 0 Å². The second kappa shape index (κ2) is 7.84. The van der Waals surface area contributed by atoms with Gasteiger partial charge in [-0.1, -0.05) is 6.07 Å². The molecule has 10 nitrogen and oxygen atoms in total. The van der Waals surface area contributed by atoms with E-state index in [4.69, 9.17) is 0 Å². The monoisotopic (exact) mass is 552 g/mol. The average Bonchev–Trinajstić information content (AvgIpc) is 3.46. The number of hydrogen-bond donors (Lipinski definition) is 1. The first-order valence-electron chi connectivity index (χ1n) is 12.7. The third kappa shape index (κ3) is 4.03. The van der Waals surface area contributed by atoms with E-state index in [-0.39, 0.29) is 34.8 Å². The molecule has 3 saturated heterocycles. The predicted octanol–water partition coefficient (Wildman–Crippen LogP) is 2.89. The number of nitrogens with zero attached hydrogens (tertiary/aromatic N) is 5. The molecule has 204 valence electrons.